The zero-order valence-electron chi connectivity index (χ0n) is 8.33. The molecule has 0 aliphatic heterocycles. The Labute approximate surface area is 87.0 Å². The van der Waals surface area contributed by atoms with Crippen LogP contribution in [0.2, 0.25) is 0 Å². The summed E-state index contributed by atoms with van der Waals surface area (Å²) in [5.74, 6) is -1.90. The van der Waals surface area contributed by atoms with Crippen LogP contribution in [0.25, 0.3) is 5.57 Å². The zero-order chi connectivity index (χ0) is 11.0. The fourth-order valence-corrected chi connectivity index (χ4v) is 1.91. The van der Waals surface area contributed by atoms with Gasteiger partial charge in [0.25, 0.3) is 0 Å². The van der Waals surface area contributed by atoms with Gasteiger partial charge in [0.05, 0.1) is 5.92 Å². The molecule has 0 saturated carbocycles. The molecule has 0 bridgehead atoms. The number of hydrogen-bond acceptors (Lipinski definition) is 1. The summed E-state index contributed by atoms with van der Waals surface area (Å²) in [7, 11) is 0. The Bertz CT molecular complexity index is 449. The third-order valence-electron chi connectivity index (χ3n) is 2.77. The number of allylic oxidation sites excluding steroid dienone is 1. The van der Waals surface area contributed by atoms with E-state index in [1.165, 1.54) is 6.07 Å². The molecule has 0 radical (unpaired) electrons. The van der Waals surface area contributed by atoms with E-state index in [0.717, 1.165) is 5.56 Å². The van der Waals surface area contributed by atoms with Gasteiger partial charge in [-0.1, -0.05) is 18.2 Å². The third-order valence-corrected chi connectivity index (χ3v) is 2.77. The summed E-state index contributed by atoms with van der Waals surface area (Å²) >= 11 is 0. The van der Waals surface area contributed by atoms with E-state index in [1.807, 2.05) is 6.07 Å². The van der Waals surface area contributed by atoms with Crippen LogP contribution in [0.4, 0.5) is 4.39 Å². The van der Waals surface area contributed by atoms with Crippen LogP contribution in [-0.4, -0.2) is 11.1 Å². The molecule has 1 atom stereocenters. The molecular weight excluding hydrogens is 195 g/mol. The van der Waals surface area contributed by atoms with E-state index >= 15 is 0 Å². The molecule has 1 aliphatic rings. The summed E-state index contributed by atoms with van der Waals surface area (Å²) in [6.45, 7) is 1.58. The molecule has 0 heterocycles. The molecule has 0 aromatic heterocycles. The molecule has 1 aliphatic carbocycles. The molecule has 0 amide bonds. The number of fused-ring (bicyclic) bond motifs is 1. The monoisotopic (exact) mass is 206 g/mol. The lowest BCUT2D eigenvalue weighted by Crippen LogP contribution is -2.11. The predicted molar refractivity (Wildman–Crippen MR) is 54.9 cm³/mol. The van der Waals surface area contributed by atoms with Gasteiger partial charge in [0, 0.05) is 5.56 Å². The highest BCUT2D eigenvalue weighted by Gasteiger charge is 2.25. The van der Waals surface area contributed by atoms with Crippen molar-refractivity contribution in [2.45, 2.75) is 13.3 Å². The smallest absolute Gasteiger partial charge is 0.310 e. The first-order valence-electron chi connectivity index (χ1n) is 4.82. The fourth-order valence-electron chi connectivity index (χ4n) is 1.91. The van der Waals surface area contributed by atoms with Crippen molar-refractivity contribution in [2.75, 3.05) is 0 Å². The standard InChI is InChI=1S/C12H11FO2/c1-7(12(14)15)9-6-5-8-3-2-4-10(13)11(8)9/h2-4,6-7H,5H2,1H3,(H,14,15). The second kappa shape index (κ2) is 3.50. The van der Waals surface area contributed by atoms with E-state index in [-0.39, 0.29) is 5.82 Å². The van der Waals surface area contributed by atoms with Gasteiger partial charge in [0.1, 0.15) is 5.82 Å². The quantitative estimate of drug-likeness (QED) is 0.807. The minimum atomic E-state index is -0.919. The van der Waals surface area contributed by atoms with Gasteiger partial charge in [-0.15, -0.1) is 0 Å². The number of carboxylic acids is 1. The van der Waals surface area contributed by atoms with Gasteiger partial charge in [0.15, 0.2) is 0 Å². The zero-order valence-corrected chi connectivity index (χ0v) is 8.33. The molecule has 0 fully saturated rings. The van der Waals surface area contributed by atoms with Crippen LogP contribution in [0.5, 0.6) is 0 Å². The first kappa shape index (κ1) is 9.90. The van der Waals surface area contributed by atoms with Crippen LogP contribution in [0.15, 0.2) is 24.3 Å². The number of benzene rings is 1. The van der Waals surface area contributed by atoms with Crippen molar-refractivity contribution in [3.63, 3.8) is 0 Å². The summed E-state index contributed by atoms with van der Waals surface area (Å²) in [5.41, 5.74) is 1.95. The van der Waals surface area contributed by atoms with E-state index < -0.39 is 11.9 Å². The average Bonchev–Trinajstić information content (AvgIpc) is 2.61. The molecule has 2 nitrogen and oxygen atoms in total. The Morgan fingerprint density at radius 2 is 2.27 bits per heavy atom. The van der Waals surface area contributed by atoms with Crippen LogP contribution >= 0.6 is 0 Å². The maximum atomic E-state index is 13.5. The van der Waals surface area contributed by atoms with Gasteiger partial charge in [-0.25, -0.2) is 4.39 Å². The van der Waals surface area contributed by atoms with E-state index in [4.69, 9.17) is 5.11 Å². The maximum absolute atomic E-state index is 13.5. The van der Waals surface area contributed by atoms with Crippen LogP contribution in [0, 0.1) is 11.7 Å². The Morgan fingerprint density at radius 1 is 1.53 bits per heavy atom. The first-order chi connectivity index (χ1) is 7.11. The number of aliphatic carboxylic acids is 1. The summed E-state index contributed by atoms with van der Waals surface area (Å²) in [6.07, 6.45) is 2.42. The number of carboxylic acid groups (broad SMARTS) is 1. The van der Waals surface area contributed by atoms with Gasteiger partial charge in [0.2, 0.25) is 0 Å². The molecule has 3 heteroatoms. The Kier molecular flexibility index (Phi) is 2.31. The topological polar surface area (TPSA) is 37.3 Å². The van der Waals surface area contributed by atoms with Crippen LogP contribution in [0.1, 0.15) is 18.1 Å². The first-order valence-corrected chi connectivity index (χ1v) is 4.82. The number of rotatable bonds is 2. The lowest BCUT2D eigenvalue weighted by atomic mass is 9.95. The minimum Gasteiger partial charge on any atom is -0.481 e. The van der Waals surface area contributed by atoms with E-state index in [1.54, 1.807) is 19.1 Å². The summed E-state index contributed by atoms with van der Waals surface area (Å²) < 4.78 is 13.5. The maximum Gasteiger partial charge on any atom is 0.310 e. The Hall–Kier alpha value is -1.64. The highest BCUT2D eigenvalue weighted by atomic mass is 19.1. The lowest BCUT2D eigenvalue weighted by Gasteiger charge is -2.10. The molecule has 2 rings (SSSR count). The fraction of sp³-hybridized carbons (Fsp3) is 0.250. The number of hydrogen-bond donors (Lipinski definition) is 1. The number of halogens is 1. The van der Waals surface area contributed by atoms with Crippen molar-refractivity contribution < 1.29 is 14.3 Å². The second-order valence-corrected chi connectivity index (χ2v) is 3.70. The molecule has 0 spiro atoms. The summed E-state index contributed by atoms with van der Waals surface area (Å²) in [5, 5.41) is 8.90. The van der Waals surface area contributed by atoms with Crippen molar-refractivity contribution in [3.8, 4) is 0 Å². The minimum absolute atomic E-state index is 0.329. The lowest BCUT2D eigenvalue weighted by molar-refractivity contribution is -0.139. The van der Waals surface area contributed by atoms with Gasteiger partial charge in [-0.2, -0.15) is 0 Å². The van der Waals surface area contributed by atoms with Crippen molar-refractivity contribution in [2.24, 2.45) is 5.92 Å². The largest absolute Gasteiger partial charge is 0.481 e. The molecule has 1 unspecified atom stereocenters. The van der Waals surface area contributed by atoms with Crippen molar-refractivity contribution in [1.29, 1.82) is 0 Å². The molecule has 0 saturated heterocycles. The van der Waals surface area contributed by atoms with Gasteiger partial charge in [-0.3, -0.25) is 4.79 Å². The predicted octanol–water partition coefficient (Wildman–Crippen LogP) is 2.49. The number of carbonyl (C=O) groups is 1. The van der Waals surface area contributed by atoms with Crippen molar-refractivity contribution in [3.05, 3.63) is 41.2 Å². The second-order valence-electron chi connectivity index (χ2n) is 3.70. The molecule has 1 aromatic rings. The van der Waals surface area contributed by atoms with Crippen molar-refractivity contribution in [1.82, 2.24) is 0 Å². The highest BCUT2D eigenvalue weighted by molar-refractivity contribution is 5.89. The molecule has 15 heavy (non-hydrogen) atoms. The van der Waals surface area contributed by atoms with Gasteiger partial charge < -0.3 is 5.11 Å². The normalized spacial score (nSPS) is 15.7. The van der Waals surface area contributed by atoms with E-state index in [2.05, 4.69) is 0 Å². The third kappa shape index (κ3) is 1.54. The van der Waals surface area contributed by atoms with Crippen LogP contribution < -0.4 is 0 Å². The highest BCUT2D eigenvalue weighted by Crippen LogP contribution is 2.34. The van der Waals surface area contributed by atoms with Crippen LogP contribution in [0.3, 0.4) is 0 Å². The SMILES string of the molecule is CC(C(=O)O)C1=CCc2cccc(F)c21. The summed E-state index contributed by atoms with van der Waals surface area (Å²) in [4.78, 5) is 10.8. The van der Waals surface area contributed by atoms with Gasteiger partial charge >= 0.3 is 5.97 Å². The van der Waals surface area contributed by atoms with E-state index in [0.29, 0.717) is 17.6 Å². The van der Waals surface area contributed by atoms with E-state index in [9.17, 15) is 9.18 Å². The van der Waals surface area contributed by atoms with Crippen molar-refractivity contribution >= 4 is 11.5 Å². The summed E-state index contributed by atoms with van der Waals surface area (Å²) in [6, 6.07) is 4.85. The molecular formula is C12H11FO2. The average molecular weight is 206 g/mol. The van der Waals surface area contributed by atoms with Gasteiger partial charge in [-0.05, 0) is 30.5 Å². The van der Waals surface area contributed by atoms with Crippen LogP contribution in [-0.2, 0) is 11.2 Å². The molecule has 78 valence electrons. The Balaban J connectivity index is 2.47. The molecule has 1 N–H and O–H groups in total. The Morgan fingerprint density at radius 3 is 2.93 bits per heavy atom. The molecule has 1 aromatic carbocycles.